The van der Waals surface area contributed by atoms with Crippen LogP contribution < -0.4 is 5.73 Å². The average Bonchev–Trinajstić information content (AvgIpc) is 3.48. The summed E-state index contributed by atoms with van der Waals surface area (Å²) in [5.74, 6) is 0.465. The van der Waals surface area contributed by atoms with E-state index in [1.165, 1.54) is 4.70 Å². The van der Waals surface area contributed by atoms with E-state index in [1.54, 1.807) is 23.9 Å². The van der Waals surface area contributed by atoms with Crippen LogP contribution in [0, 0.1) is 0 Å². The quantitative estimate of drug-likeness (QED) is 0.449. The lowest BCUT2D eigenvalue weighted by Gasteiger charge is -2.36. The van der Waals surface area contributed by atoms with Crippen molar-refractivity contribution in [1.82, 2.24) is 24.3 Å². The van der Waals surface area contributed by atoms with Crippen LogP contribution in [0.2, 0.25) is 0 Å². The number of hydrogen-bond donors (Lipinski definition) is 1. The van der Waals surface area contributed by atoms with E-state index in [1.807, 2.05) is 33.0 Å². The third kappa shape index (κ3) is 2.94. The van der Waals surface area contributed by atoms with E-state index in [4.69, 9.17) is 5.73 Å². The predicted octanol–water partition coefficient (Wildman–Crippen LogP) is 4.44. The molecule has 1 aliphatic heterocycles. The predicted molar refractivity (Wildman–Crippen MR) is 122 cm³/mol. The minimum Gasteiger partial charge on any atom is -0.382 e. The highest BCUT2D eigenvalue weighted by molar-refractivity contribution is 7.16. The second-order valence-electron chi connectivity index (χ2n) is 7.94. The number of piperidine rings is 1. The number of carbonyl (C=O) groups excluding carboxylic acids is 1. The fraction of sp³-hybridized carbons (Fsp3) is 0.217. The molecule has 6 rings (SSSR count). The highest BCUT2D eigenvalue weighted by Gasteiger charge is 2.29. The number of likely N-dealkylation sites (tertiary alicyclic amines) is 1. The Hall–Kier alpha value is -3.52. The molecule has 4 heterocycles. The zero-order valence-electron chi connectivity index (χ0n) is 16.7. The van der Waals surface area contributed by atoms with Gasteiger partial charge in [-0.15, -0.1) is 11.3 Å². The number of carbonyl (C=O) groups is 1. The normalized spacial score (nSPS) is 17.0. The largest absolute Gasteiger partial charge is 0.382 e. The highest BCUT2D eigenvalue weighted by Crippen LogP contribution is 2.34. The first-order valence-corrected chi connectivity index (χ1v) is 11.2. The summed E-state index contributed by atoms with van der Waals surface area (Å²) in [5.41, 5.74) is 13.0. The summed E-state index contributed by atoms with van der Waals surface area (Å²) >= 11 is 1.64. The Kier molecular flexibility index (Phi) is 4.14. The van der Waals surface area contributed by atoms with Gasteiger partial charge < -0.3 is 10.6 Å². The van der Waals surface area contributed by atoms with E-state index in [9.17, 15) is 4.79 Å². The van der Waals surface area contributed by atoms with Crippen molar-refractivity contribution in [2.24, 2.45) is 0 Å². The maximum atomic E-state index is 13.6. The first-order valence-electron chi connectivity index (χ1n) is 10.3. The van der Waals surface area contributed by atoms with Crippen LogP contribution in [0.1, 0.15) is 41.2 Å². The van der Waals surface area contributed by atoms with Crippen LogP contribution in [0.5, 0.6) is 0 Å². The number of anilines is 1. The molecular formula is C23H20N6OS. The van der Waals surface area contributed by atoms with Crippen LogP contribution in [0.25, 0.3) is 26.8 Å². The van der Waals surface area contributed by atoms with Crippen LogP contribution in [-0.2, 0) is 0 Å². The van der Waals surface area contributed by atoms with Gasteiger partial charge in [-0.1, -0.05) is 6.07 Å². The molecule has 0 aliphatic carbocycles. The van der Waals surface area contributed by atoms with Crippen LogP contribution in [0.3, 0.4) is 0 Å². The molecule has 3 aromatic heterocycles. The minimum absolute atomic E-state index is 0.0371. The summed E-state index contributed by atoms with van der Waals surface area (Å²) < 4.78 is 3.06. The highest BCUT2D eigenvalue weighted by atomic mass is 32.1. The third-order valence-corrected chi connectivity index (χ3v) is 6.94. The lowest BCUT2D eigenvalue weighted by Crippen LogP contribution is -2.38. The molecule has 8 heteroatoms. The van der Waals surface area contributed by atoms with Gasteiger partial charge in [0, 0.05) is 12.1 Å². The van der Waals surface area contributed by atoms with Gasteiger partial charge >= 0.3 is 0 Å². The topological polar surface area (TPSA) is 89.4 Å². The molecule has 7 nitrogen and oxygen atoms in total. The first-order chi connectivity index (χ1) is 15.2. The van der Waals surface area contributed by atoms with Crippen molar-refractivity contribution < 1.29 is 4.79 Å². The number of imidazole rings is 1. The molecule has 1 fully saturated rings. The van der Waals surface area contributed by atoms with Crippen LogP contribution in [0.4, 0.5) is 5.82 Å². The lowest BCUT2D eigenvalue weighted by atomic mass is 9.94. The number of thiazole rings is 1. The summed E-state index contributed by atoms with van der Waals surface area (Å²) in [6.45, 7) is 0.747. The van der Waals surface area contributed by atoms with Gasteiger partial charge in [0.05, 0.1) is 45.3 Å². The van der Waals surface area contributed by atoms with Gasteiger partial charge in [0.15, 0.2) is 0 Å². The Morgan fingerprint density at radius 1 is 1.10 bits per heavy atom. The van der Waals surface area contributed by atoms with E-state index >= 15 is 0 Å². The zero-order chi connectivity index (χ0) is 20.9. The molecule has 2 N–H and O–H groups in total. The molecule has 0 spiro atoms. The Balaban J connectivity index is 1.41. The van der Waals surface area contributed by atoms with E-state index < -0.39 is 0 Å². The third-order valence-electron chi connectivity index (χ3n) is 6.13. The number of fused-ring (bicyclic) bond motifs is 4. The van der Waals surface area contributed by atoms with Crippen LogP contribution in [0.15, 0.2) is 54.4 Å². The van der Waals surface area contributed by atoms with E-state index in [2.05, 4.69) is 33.2 Å². The van der Waals surface area contributed by atoms with Crippen molar-refractivity contribution in [3.8, 4) is 0 Å². The molecule has 2 aromatic carbocycles. The number of rotatable bonds is 2. The number of nitrogens with two attached hydrogens (primary N) is 1. The van der Waals surface area contributed by atoms with Crippen molar-refractivity contribution in [2.45, 2.75) is 25.3 Å². The van der Waals surface area contributed by atoms with E-state index in [0.717, 1.165) is 53.4 Å². The Bertz CT molecular complexity index is 1450. The Morgan fingerprint density at radius 2 is 2.03 bits per heavy atom. The molecule has 1 atom stereocenters. The number of nitrogens with zero attached hydrogens (tertiary/aromatic N) is 5. The van der Waals surface area contributed by atoms with Crippen molar-refractivity contribution in [3.63, 3.8) is 0 Å². The average molecular weight is 429 g/mol. The monoisotopic (exact) mass is 428 g/mol. The van der Waals surface area contributed by atoms with Gasteiger partial charge in [0.1, 0.15) is 11.3 Å². The standard InChI is InChI=1S/C23H20N6OS/c24-22-20-11-25-12-29(20)19-10-15(4-6-16(19)27-22)23(30)28-8-2-1-3-18(28)14-5-7-21-17(9-14)26-13-31-21/h4-7,9-13,18H,1-3,8H2,(H2,24,27). The molecule has 5 aromatic rings. The molecule has 1 aliphatic rings. The fourth-order valence-corrected chi connectivity index (χ4v) is 5.24. The van der Waals surface area contributed by atoms with Crippen LogP contribution in [-0.4, -0.2) is 36.7 Å². The van der Waals surface area contributed by atoms with Crippen LogP contribution >= 0.6 is 11.3 Å². The molecule has 154 valence electrons. The Morgan fingerprint density at radius 3 is 2.97 bits per heavy atom. The van der Waals surface area contributed by atoms with Gasteiger partial charge in [0.2, 0.25) is 0 Å². The van der Waals surface area contributed by atoms with Gasteiger partial charge in [0.25, 0.3) is 5.91 Å². The fourth-order valence-electron chi connectivity index (χ4n) is 4.58. The SMILES string of the molecule is Nc1nc2ccc(C(=O)N3CCCCC3c3ccc4scnc4c3)cc2n2cncc12. The Labute approximate surface area is 182 Å². The molecule has 0 radical (unpaired) electrons. The first kappa shape index (κ1) is 18.3. The molecular weight excluding hydrogens is 408 g/mol. The summed E-state index contributed by atoms with van der Waals surface area (Å²) in [5, 5.41) is 0. The molecule has 0 saturated carbocycles. The van der Waals surface area contributed by atoms with Gasteiger partial charge in [-0.3, -0.25) is 9.20 Å². The summed E-state index contributed by atoms with van der Waals surface area (Å²) in [7, 11) is 0. The van der Waals surface area contributed by atoms with Crippen molar-refractivity contribution in [3.05, 3.63) is 65.6 Å². The second-order valence-corrected chi connectivity index (χ2v) is 8.83. The number of benzene rings is 2. The van der Waals surface area contributed by atoms with Gasteiger partial charge in [-0.2, -0.15) is 0 Å². The summed E-state index contributed by atoms with van der Waals surface area (Å²) in [6, 6.07) is 12.0. The molecule has 31 heavy (non-hydrogen) atoms. The lowest BCUT2D eigenvalue weighted by molar-refractivity contribution is 0.0612. The number of aromatic nitrogens is 4. The number of hydrogen-bond acceptors (Lipinski definition) is 6. The smallest absolute Gasteiger partial charge is 0.254 e. The summed E-state index contributed by atoms with van der Waals surface area (Å²) in [4.78, 5) is 28.7. The number of nitrogen functional groups attached to an aromatic ring is 1. The van der Waals surface area contributed by atoms with E-state index in [-0.39, 0.29) is 11.9 Å². The number of amides is 1. The maximum Gasteiger partial charge on any atom is 0.254 e. The molecule has 0 bridgehead atoms. The van der Waals surface area contributed by atoms with Crippen molar-refractivity contribution >= 4 is 49.8 Å². The zero-order valence-corrected chi connectivity index (χ0v) is 17.5. The van der Waals surface area contributed by atoms with E-state index in [0.29, 0.717) is 11.4 Å². The van der Waals surface area contributed by atoms with Gasteiger partial charge in [-0.25, -0.2) is 15.0 Å². The second kappa shape index (κ2) is 7.02. The van der Waals surface area contributed by atoms with Gasteiger partial charge in [-0.05, 0) is 55.2 Å². The molecule has 1 amide bonds. The molecule has 1 saturated heterocycles. The minimum atomic E-state index is 0.0371. The van der Waals surface area contributed by atoms with Crippen molar-refractivity contribution in [1.29, 1.82) is 0 Å². The molecule has 1 unspecified atom stereocenters. The van der Waals surface area contributed by atoms with Crippen molar-refractivity contribution in [2.75, 3.05) is 12.3 Å². The summed E-state index contributed by atoms with van der Waals surface area (Å²) in [6.07, 6.45) is 6.47. The maximum absolute atomic E-state index is 13.6.